The fourth-order valence-corrected chi connectivity index (χ4v) is 2.20. The van der Waals surface area contributed by atoms with Gasteiger partial charge >= 0.3 is 0 Å². The van der Waals surface area contributed by atoms with Gasteiger partial charge in [0, 0.05) is 6.54 Å². The number of hydrogen-bond donors (Lipinski definition) is 2. The van der Waals surface area contributed by atoms with Crippen molar-refractivity contribution < 1.29 is 4.79 Å². The Morgan fingerprint density at radius 3 is 2.42 bits per heavy atom. The molecule has 1 aromatic carbocycles. The van der Waals surface area contributed by atoms with Crippen molar-refractivity contribution in [3.8, 4) is 0 Å². The normalized spacial score (nSPS) is 18.9. The number of carbonyl (C=O) groups is 1. The molecule has 3 nitrogen and oxygen atoms in total. The van der Waals surface area contributed by atoms with Crippen molar-refractivity contribution in [2.75, 3.05) is 6.54 Å². The monoisotopic (exact) mass is 282 g/mol. The molecule has 1 aliphatic carbocycles. The van der Waals surface area contributed by atoms with Gasteiger partial charge in [0.05, 0.1) is 0 Å². The van der Waals surface area contributed by atoms with Gasteiger partial charge in [-0.25, -0.2) is 0 Å². The third-order valence-corrected chi connectivity index (χ3v) is 4.18. The molecule has 19 heavy (non-hydrogen) atoms. The molecule has 1 fully saturated rings. The molecule has 1 aromatic rings. The minimum Gasteiger partial charge on any atom is -0.354 e. The van der Waals surface area contributed by atoms with E-state index in [1.807, 2.05) is 30.3 Å². The summed E-state index contributed by atoms with van der Waals surface area (Å²) >= 11 is 0. The van der Waals surface area contributed by atoms with Gasteiger partial charge in [-0.3, -0.25) is 4.79 Å². The van der Waals surface area contributed by atoms with Gasteiger partial charge in [-0.1, -0.05) is 37.3 Å². The predicted octanol–water partition coefficient (Wildman–Crippen LogP) is 2.59. The van der Waals surface area contributed by atoms with Crippen LogP contribution in [0, 0.1) is 5.41 Å². The fraction of sp³-hybridized carbons (Fsp3) is 0.533. The first-order valence-electron chi connectivity index (χ1n) is 6.63. The summed E-state index contributed by atoms with van der Waals surface area (Å²) in [4.78, 5) is 12.2. The molecule has 1 atom stereocenters. The lowest BCUT2D eigenvalue weighted by Crippen LogP contribution is -2.50. The fourth-order valence-electron chi connectivity index (χ4n) is 2.20. The van der Waals surface area contributed by atoms with E-state index in [4.69, 9.17) is 5.73 Å². The van der Waals surface area contributed by atoms with Gasteiger partial charge in [0.25, 0.3) is 0 Å². The van der Waals surface area contributed by atoms with Gasteiger partial charge in [0.2, 0.25) is 5.91 Å². The Hall–Kier alpha value is -1.06. The summed E-state index contributed by atoms with van der Waals surface area (Å²) in [5.41, 5.74) is 6.41. The number of benzene rings is 1. The van der Waals surface area contributed by atoms with Crippen molar-refractivity contribution in [2.45, 2.75) is 38.6 Å². The van der Waals surface area contributed by atoms with Crippen LogP contribution < -0.4 is 11.1 Å². The Balaban J connectivity index is 0.00000180. The zero-order valence-corrected chi connectivity index (χ0v) is 12.4. The Kier molecular flexibility index (Phi) is 4.99. The molecule has 3 N–H and O–H groups in total. The molecule has 1 amide bonds. The number of nitrogens with one attached hydrogen (secondary N) is 1. The smallest absolute Gasteiger partial charge is 0.244 e. The average Bonchev–Trinajstić information content (AvgIpc) is 3.17. The molecule has 0 radical (unpaired) electrons. The van der Waals surface area contributed by atoms with Crippen LogP contribution in [0.15, 0.2) is 30.3 Å². The molecule has 0 bridgehead atoms. The van der Waals surface area contributed by atoms with E-state index in [-0.39, 0.29) is 18.3 Å². The first-order chi connectivity index (χ1) is 8.50. The first kappa shape index (κ1) is 16.0. The van der Waals surface area contributed by atoms with Crippen molar-refractivity contribution in [2.24, 2.45) is 11.1 Å². The molecule has 2 rings (SSSR count). The molecule has 1 unspecified atom stereocenters. The summed E-state index contributed by atoms with van der Waals surface area (Å²) in [6.45, 7) is 4.70. The van der Waals surface area contributed by atoms with Crippen LogP contribution in [0.3, 0.4) is 0 Å². The van der Waals surface area contributed by atoms with E-state index in [0.717, 1.165) is 18.5 Å². The number of rotatable bonds is 5. The lowest BCUT2D eigenvalue weighted by atomic mass is 9.92. The standard InChI is InChI=1S/C15H22N2O.ClH/c1-3-15(9-10-15)11-17-13(18)14(2,16)12-7-5-4-6-8-12;/h4-8H,3,9-11,16H2,1-2H3,(H,17,18);1H. The summed E-state index contributed by atoms with van der Waals surface area (Å²) in [5, 5.41) is 3.01. The van der Waals surface area contributed by atoms with Crippen molar-refractivity contribution in [1.29, 1.82) is 0 Å². The Morgan fingerprint density at radius 1 is 1.37 bits per heavy atom. The van der Waals surface area contributed by atoms with E-state index < -0.39 is 5.54 Å². The first-order valence-corrected chi connectivity index (χ1v) is 6.63. The lowest BCUT2D eigenvalue weighted by molar-refractivity contribution is -0.126. The lowest BCUT2D eigenvalue weighted by Gasteiger charge is -2.25. The second-order valence-electron chi connectivity index (χ2n) is 5.60. The quantitative estimate of drug-likeness (QED) is 0.872. The maximum absolute atomic E-state index is 12.2. The van der Waals surface area contributed by atoms with Gasteiger partial charge < -0.3 is 11.1 Å². The maximum Gasteiger partial charge on any atom is 0.244 e. The minimum atomic E-state index is -0.953. The van der Waals surface area contributed by atoms with Gasteiger partial charge in [-0.15, -0.1) is 12.4 Å². The van der Waals surface area contributed by atoms with Crippen LogP contribution in [-0.2, 0) is 10.3 Å². The third-order valence-electron chi connectivity index (χ3n) is 4.18. The summed E-state index contributed by atoms with van der Waals surface area (Å²) in [6.07, 6.45) is 3.56. The van der Waals surface area contributed by atoms with Gasteiger partial charge in [-0.05, 0) is 37.2 Å². The van der Waals surface area contributed by atoms with E-state index in [0.29, 0.717) is 5.41 Å². The Labute approximate surface area is 121 Å². The second kappa shape index (κ2) is 5.93. The van der Waals surface area contributed by atoms with Crippen molar-refractivity contribution >= 4 is 18.3 Å². The SMILES string of the molecule is CCC1(CNC(=O)C(C)(N)c2ccccc2)CC1.Cl. The molecule has 4 heteroatoms. The van der Waals surface area contributed by atoms with E-state index >= 15 is 0 Å². The summed E-state index contributed by atoms with van der Waals surface area (Å²) < 4.78 is 0. The molecule has 0 aliphatic heterocycles. The highest BCUT2D eigenvalue weighted by molar-refractivity contribution is 5.87. The highest BCUT2D eigenvalue weighted by atomic mass is 35.5. The van der Waals surface area contributed by atoms with Crippen molar-refractivity contribution in [3.05, 3.63) is 35.9 Å². The molecule has 0 aromatic heterocycles. The van der Waals surface area contributed by atoms with E-state index in [1.165, 1.54) is 12.8 Å². The maximum atomic E-state index is 12.2. The van der Waals surface area contributed by atoms with Crippen LogP contribution >= 0.6 is 12.4 Å². The van der Waals surface area contributed by atoms with E-state index in [9.17, 15) is 4.79 Å². The van der Waals surface area contributed by atoms with Gasteiger partial charge in [0.1, 0.15) is 5.54 Å². The Bertz CT molecular complexity index is 427. The average molecular weight is 283 g/mol. The highest BCUT2D eigenvalue weighted by Gasteiger charge is 2.42. The van der Waals surface area contributed by atoms with Crippen LogP contribution in [0.1, 0.15) is 38.7 Å². The zero-order chi connectivity index (χ0) is 13.2. The topological polar surface area (TPSA) is 55.1 Å². The van der Waals surface area contributed by atoms with Crippen LogP contribution in [0.4, 0.5) is 0 Å². The largest absolute Gasteiger partial charge is 0.354 e. The number of amides is 1. The molecule has 0 heterocycles. The van der Waals surface area contributed by atoms with Crippen LogP contribution in [-0.4, -0.2) is 12.5 Å². The van der Waals surface area contributed by atoms with Gasteiger partial charge in [0.15, 0.2) is 0 Å². The predicted molar refractivity (Wildman–Crippen MR) is 80.2 cm³/mol. The third kappa shape index (κ3) is 3.48. The molecule has 0 spiro atoms. The van der Waals surface area contributed by atoms with E-state index in [2.05, 4.69) is 12.2 Å². The minimum absolute atomic E-state index is 0. The van der Waals surface area contributed by atoms with Crippen LogP contribution in [0.25, 0.3) is 0 Å². The zero-order valence-electron chi connectivity index (χ0n) is 11.6. The number of nitrogens with two attached hydrogens (primary N) is 1. The number of halogens is 1. The number of hydrogen-bond acceptors (Lipinski definition) is 2. The molecule has 1 aliphatic rings. The van der Waals surface area contributed by atoms with Crippen molar-refractivity contribution in [1.82, 2.24) is 5.32 Å². The van der Waals surface area contributed by atoms with Crippen LogP contribution in [0.2, 0.25) is 0 Å². The second-order valence-corrected chi connectivity index (χ2v) is 5.60. The van der Waals surface area contributed by atoms with E-state index in [1.54, 1.807) is 6.92 Å². The molecular weight excluding hydrogens is 260 g/mol. The van der Waals surface area contributed by atoms with Gasteiger partial charge in [-0.2, -0.15) is 0 Å². The Morgan fingerprint density at radius 2 is 1.95 bits per heavy atom. The van der Waals surface area contributed by atoms with Crippen molar-refractivity contribution in [3.63, 3.8) is 0 Å². The summed E-state index contributed by atoms with van der Waals surface area (Å²) in [5.74, 6) is -0.0894. The molecular formula is C15H23ClN2O. The molecule has 106 valence electrons. The number of carbonyl (C=O) groups excluding carboxylic acids is 1. The van der Waals surface area contributed by atoms with Crippen LogP contribution in [0.5, 0.6) is 0 Å². The molecule has 1 saturated carbocycles. The summed E-state index contributed by atoms with van der Waals surface area (Å²) in [6, 6.07) is 9.52. The highest BCUT2D eigenvalue weighted by Crippen LogP contribution is 2.47. The summed E-state index contributed by atoms with van der Waals surface area (Å²) in [7, 11) is 0. The molecule has 0 saturated heterocycles.